The van der Waals surface area contributed by atoms with E-state index in [0.29, 0.717) is 6.54 Å². The first-order valence-electron chi connectivity index (χ1n) is 9.30. The molecule has 1 saturated heterocycles. The lowest BCUT2D eigenvalue weighted by Gasteiger charge is -2.29. The van der Waals surface area contributed by atoms with Crippen LogP contribution in [0.25, 0.3) is 0 Å². The fraction of sp³-hybridized carbons (Fsp3) is 0.381. The van der Waals surface area contributed by atoms with E-state index in [4.69, 9.17) is 0 Å². The summed E-state index contributed by atoms with van der Waals surface area (Å²) in [6.07, 6.45) is 2.03. The number of carbonyl (C=O) groups excluding carboxylic acids is 1. The van der Waals surface area contributed by atoms with Gasteiger partial charge in [-0.1, -0.05) is 36.4 Å². The zero-order chi connectivity index (χ0) is 18.4. The molecule has 4 nitrogen and oxygen atoms in total. The van der Waals surface area contributed by atoms with Gasteiger partial charge in [-0.05, 0) is 30.9 Å². The Morgan fingerprint density at radius 2 is 1.65 bits per heavy atom. The monoisotopic (exact) mass is 371 g/mol. The first-order valence-corrected chi connectivity index (χ1v) is 10.5. The number of hydrogen-bond acceptors (Lipinski definition) is 2. The number of rotatable bonds is 6. The molecule has 1 heterocycles. The van der Waals surface area contributed by atoms with Crippen LogP contribution >= 0.6 is 11.8 Å². The number of hydrogen-bond donors (Lipinski definition) is 3. The van der Waals surface area contributed by atoms with Crippen LogP contribution in [0.5, 0.6) is 0 Å². The summed E-state index contributed by atoms with van der Waals surface area (Å²) in [6, 6.07) is 16.6. The second-order valence-corrected chi connectivity index (χ2v) is 7.88. The van der Waals surface area contributed by atoms with Crippen molar-refractivity contribution in [2.24, 2.45) is 0 Å². The van der Waals surface area contributed by atoms with Crippen molar-refractivity contribution in [2.75, 3.05) is 44.3 Å². The molecule has 3 N–H and O–H groups in total. The van der Waals surface area contributed by atoms with Crippen LogP contribution in [0.4, 0.5) is 5.69 Å². The molecule has 138 valence electrons. The standard InChI is InChI=1S/C21H27N3OS/c1-17-7-3-4-8-18(17)15-23-11-13-24(14-12-23)16-21(25)22-19-9-5-6-10-20(19)26-2/h3-10H,11-16H2,1-2H3,(H,22,25)/p+2. The van der Waals surface area contributed by atoms with Crippen molar-refractivity contribution in [1.29, 1.82) is 0 Å². The highest BCUT2D eigenvalue weighted by Gasteiger charge is 2.25. The fourth-order valence-electron chi connectivity index (χ4n) is 3.56. The van der Waals surface area contributed by atoms with Crippen LogP contribution in [-0.2, 0) is 11.3 Å². The van der Waals surface area contributed by atoms with Gasteiger partial charge in [-0.3, -0.25) is 4.79 Å². The number of carbonyl (C=O) groups is 1. The molecule has 1 aliphatic rings. The summed E-state index contributed by atoms with van der Waals surface area (Å²) < 4.78 is 0. The van der Waals surface area contributed by atoms with Crippen molar-refractivity contribution in [3.63, 3.8) is 0 Å². The largest absolute Gasteiger partial charge is 0.322 e. The number of piperazine rings is 1. The SMILES string of the molecule is CSc1ccccc1NC(=O)C[NH+]1CC[NH+](Cc2ccccc2C)CC1. The van der Waals surface area contributed by atoms with Crippen molar-refractivity contribution in [3.8, 4) is 0 Å². The molecule has 0 aliphatic carbocycles. The molecular weight excluding hydrogens is 342 g/mol. The van der Waals surface area contributed by atoms with Crippen LogP contribution < -0.4 is 15.1 Å². The van der Waals surface area contributed by atoms with E-state index >= 15 is 0 Å². The Morgan fingerprint density at radius 3 is 2.38 bits per heavy atom. The molecule has 2 aromatic carbocycles. The van der Waals surface area contributed by atoms with E-state index in [9.17, 15) is 4.79 Å². The first kappa shape index (κ1) is 19.0. The van der Waals surface area contributed by atoms with E-state index in [0.717, 1.165) is 43.3 Å². The molecule has 3 rings (SSSR count). The van der Waals surface area contributed by atoms with Gasteiger partial charge in [0.15, 0.2) is 6.54 Å². The normalized spacial score (nSPS) is 19.9. The van der Waals surface area contributed by atoms with E-state index < -0.39 is 0 Å². The topological polar surface area (TPSA) is 38.0 Å². The molecule has 1 amide bonds. The van der Waals surface area contributed by atoms with Gasteiger partial charge >= 0.3 is 0 Å². The average molecular weight is 372 g/mol. The third-order valence-corrected chi connectivity index (χ3v) is 5.95. The summed E-state index contributed by atoms with van der Waals surface area (Å²) in [5.41, 5.74) is 3.74. The second kappa shape index (κ2) is 9.21. The van der Waals surface area contributed by atoms with E-state index in [1.165, 1.54) is 16.0 Å². The van der Waals surface area contributed by atoms with Crippen LogP contribution in [0.15, 0.2) is 53.4 Å². The van der Waals surface area contributed by atoms with Crippen LogP contribution in [0.1, 0.15) is 11.1 Å². The van der Waals surface area contributed by atoms with Crippen molar-refractivity contribution >= 4 is 23.4 Å². The number of amides is 1. The fourth-order valence-corrected chi connectivity index (χ4v) is 4.11. The Labute approximate surface area is 160 Å². The van der Waals surface area contributed by atoms with Gasteiger partial charge in [-0.2, -0.15) is 0 Å². The summed E-state index contributed by atoms with van der Waals surface area (Å²) in [7, 11) is 0. The van der Waals surface area contributed by atoms with Gasteiger partial charge in [0.1, 0.15) is 32.7 Å². The summed E-state index contributed by atoms with van der Waals surface area (Å²) in [6.45, 7) is 8.19. The number of thioether (sulfide) groups is 1. The van der Waals surface area contributed by atoms with E-state index in [-0.39, 0.29) is 5.91 Å². The Balaban J connectivity index is 1.46. The molecule has 26 heavy (non-hydrogen) atoms. The smallest absolute Gasteiger partial charge is 0.279 e. The van der Waals surface area contributed by atoms with Gasteiger partial charge < -0.3 is 15.1 Å². The highest BCUT2D eigenvalue weighted by atomic mass is 32.2. The summed E-state index contributed by atoms with van der Waals surface area (Å²) >= 11 is 1.66. The minimum Gasteiger partial charge on any atom is -0.322 e. The van der Waals surface area contributed by atoms with Crippen molar-refractivity contribution < 1.29 is 14.6 Å². The second-order valence-electron chi connectivity index (χ2n) is 7.03. The Bertz CT molecular complexity index is 742. The number of para-hydroxylation sites is 1. The first-order chi connectivity index (χ1) is 12.7. The van der Waals surface area contributed by atoms with E-state index in [2.05, 4.69) is 36.5 Å². The molecule has 0 atom stereocenters. The quantitative estimate of drug-likeness (QED) is 0.652. The molecule has 1 fully saturated rings. The van der Waals surface area contributed by atoms with Gasteiger partial charge in [-0.15, -0.1) is 11.8 Å². The van der Waals surface area contributed by atoms with Gasteiger partial charge in [0.05, 0.1) is 5.69 Å². The van der Waals surface area contributed by atoms with Crippen LogP contribution in [0, 0.1) is 6.92 Å². The molecule has 0 spiro atoms. The third kappa shape index (κ3) is 5.10. The molecule has 1 aliphatic heterocycles. The predicted molar refractivity (Wildman–Crippen MR) is 108 cm³/mol. The summed E-state index contributed by atoms with van der Waals surface area (Å²) in [4.78, 5) is 16.5. The number of quaternary nitrogens is 2. The number of benzene rings is 2. The van der Waals surface area contributed by atoms with Crippen molar-refractivity contribution in [1.82, 2.24) is 0 Å². The third-order valence-electron chi connectivity index (χ3n) is 5.16. The van der Waals surface area contributed by atoms with E-state index in [1.54, 1.807) is 16.7 Å². The van der Waals surface area contributed by atoms with Gasteiger partial charge in [0.2, 0.25) is 0 Å². The minimum absolute atomic E-state index is 0.115. The molecule has 0 aromatic heterocycles. The Hall–Kier alpha value is -1.82. The number of nitrogens with one attached hydrogen (secondary N) is 3. The summed E-state index contributed by atoms with van der Waals surface area (Å²) in [5, 5.41) is 3.08. The van der Waals surface area contributed by atoms with Crippen LogP contribution in [0.3, 0.4) is 0 Å². The maximum Gasteiger partial charge on any atom is 0.279 e. The zero-order valence-corrected chi connectivity index (χ0v) is 16.5. The highest BCUT2D eigenvalue weighted by Crippen LogP contribution is 2.24. The molecule has 2 aromatic rings. The lowest BCUT2D eigenvalue weighted by Crippen LogP contribution is -3.28. The van der Waals surface area contributed by atoms with Crippen LogP contribution in [-0.4, -0.2) is 44.9 Å². The molecule has 0 saturated carbocycles. The van der Waals surface area contributed by atoms with Crippen molar-refractivity contribution in [3.05, 3.63) is 59.7 Å². The van der Waals surface area contributed by atoms with E-state index in [1.807, 2.05) is 30.5 Å². The maximum absolute atomic E-state index is 12.4. The molecule has 0 unspecified atom stereocenters. The summed E-state index contributed by atoms with van der Waals surface area (Å²) in [5.74, 6) is 0.115. The average Bonchev–Trinajstić information content (AvgIpc) is 2.65. The minimum atomic E-state index is 0.115. The van der Waals surface area contributed by atoms with Gasteiger partial charge in [-0.25, -0.2) is 0 Å². The van der Waals surface area contributed by atoms with Gasteiger partial charge in [0, 0.05) is 10.5 Å². The zero-order valence-electron chi connectivity index (χ0n) is 15.7. The Kier molecular flexibility index (Phi) is 6.72. The Morgan fingerprint density at radius 1 is 1.00 bits per heavy atom. The van der Waals surface area contributed by atoms with Crippen molar-refractivity contribution in [2.45, 2.75) is 18.4 Å². The van der Waals surface area contributed by atoms with Crippen LogP contribution in [0.2, 0.25) is 0 Å². The number of aryl methyl sites for hydroxylation is 1. The molecule has 5 heteroatoms. The lowest BCUT2D eigenvalue weighted by atomic mass is 10.1. The predicted octanol–water partition coefficient (Wildman–Crippen LogP) is 0.639. The number of anilines is 1. The van der Waals surface area contributed by atoms with Gasteiger partial charge in [0.25, 0.3) is 5.91 Å². The molecule has 0 bridgehead atoms. The molecular formula is C21H29N3OS+2. The highest BCUT2D eigenvalue weighted by molar-refractivity contribution is 7.98. The lowest BCUT2D eigenvalue weighted by molar-refractivity contribution is -1.02. The maximum atomic E-state index is 12.4. The molecule has 0 radical (unpaired) electrons.